The summed E-state index contributed by atoms with van der Waals surface area (Å²) in [5, 5.41) is 2.81. The topological polar surface area (TPSA) is 75.7 Å². The molecule has 1 aromatic rings. The lowest BCUT2D eigenvalue weighted by Crippen LogP contribution is -2.37. The number of ether oxygens (including phenoxy) is 1. The smallest absolute Gasteiger partial charge is 0.406 e. The van der Waals surface area contributed by atoms with E-state index in [9.17, 15) is 26.4 Å². The van der Waals surface area contributed by atoms with Crippen LogP contribution in [0.3, 0.4) is 0 Å². The molecule has 1 amide bonds. The van der Waals surface area contributed by atoms with Crippen LogP contribution < -0.4 is 10.1 Å². The summed E-state index contributed by atoms with van der Waals surface area (Å²) < 4.78 is 67.2. The third kappa shape index (κ3) is 5.71. The Morgan fingerprint density at radius 1 is 1.25 bits per heavy atom. The first-order valence-electron chi connectivity index (χ1n) is 8.97. The van der Waals surface area contributed by atoms with Crippen molar-refractivity contribution in [1.29, 1.82) is 0 Å². The van der Waals surface area contributed by atoms with Crippen LogP contribution in [0.25, 0.3) is 0 Å². The summed E-state index contributed by atoms with van der Waals surface area (Å²) in [6.45, 7) is 1.00. The Morgan fingerprint density at radius 3 is 2.54 bits per heavy atom. The fraction of sp³-hybridized carbons (Fsp3) is 0.500. The molecule has 1 saturated carbocycles. The van der Waals surface area contributed by atoms with Gasteiger partial charge in [0.15, 0.2) is 0 Å². The summed E-state index contributed by atoms with van der Waals surface area (Å²) >= 11 is 0. The van der Waals surface area contributed by atoms with E-state index >= 15 is 0 Å². The third-order valence-corrected chi connectivity index (χ3v) is 6.44. The molecule has 10 heteroatoms. The highest BCUT2D eigenvalue weighted by Gasteiger charge is 2.32. The predicted octanol–water partition coefficient (Wildman–Crippen LogP) is 2.82. The van der Waals surface area contributed by atoms with Crippen LogP contribution in [0.1, 0.15) is 25.7 Å². The molecule has 1 heterocycles. The first kappa shape index (κ1) is 20.7. The van der Waals surface area contributed by atoms with Gasteiger partial charge >= 0.3 is 6.36 Å². The minimum atomic E-state index is -4.84. The molecule has 0 spiro atoms. The van der Waals surface area contributed by atoms with Crippen molar-refractivity contribution < 1.29 is 31.1 Å². The lowest BCUT2D eigenvalue weighted by Gasteiger charge is -2.28. The standard InChI is InChI=1S/C18H21F3N2O4S/c19-18(20,21)27-15-5-7-16(8-6-15)28(25,26)23-9-1-2-14(12-23)10-17(24)22-11-13-3-4-13/h5-8,10,13H,1-4,9,11-12H2,(H,22,24)/b14-10+. The van der Waals surface area contributed by atoms with Crippen molar-refractivity contribution in [2.45, 2.75) is 36.9 Å². The maximum absolute atomic E-state index is 12.8. The Morgan fingerprint density at radius 2 is 1.93 bits per heavy atom. The fourth-order valence-corrected chi connectivity index (χ4v) is 4.44. The van der Waals surface area contributed by atoms with Gasteiger partial charge in [0.05, 0.1) is 4.90 Å². The zero-order valence-electron chi connectivity index (χ0n) is 15.0. The van der Waals surface area contributed by atoms with Crippen LogP contribution >= 0.6 is 0 Å². The van der Waals surface area contributed by atoms with E-state index in [1.165, 1.54) is 10.4 Å². The lowest BCUT2D eigenvalue weighted by atomic mass is 10.1. The van der Waals surface area contributed by atoms with Crippen molar-refractivity contribution >= 4 is 15.9 Å². The molecule has 2 aliphatic rings. The van der Waals surface area contributed by atoms with Crippen LogP contribution in [0.2, 0.25) is 0 Å². The van der Waals surface area contributed by atoms with Crippen molar-refractivity contribution in [3.63, 3.8) is 0 Å². The van der Waals surface area contributed by atoms with Crippen molar-refractivity contribution in [3.05, 3.63) is 35.9 Å². The average Bonchev–Trinajstić information content (AvgIpc) is 3.44. The van der Waals surface area contributed by atoms with Gasteiger partial charge < -0.3 is 10.1 Å². The number of carbonyl (C=O) groups is 1. The summed E-state index contributed by atoms with van der Waals surface area (Å²) in [6.07, 6.45) is 0.0418. The second-order valence-corrected chi connectivity index (χ2v) is 8.89. The Labute approximate surface area is 161 Å². The predicted molar refractivity (Wildman–Crippen MR) is 94.9 cm³/mol. The van der Waals surface area contributed by atoms with Gasteiger partial charge in [0.25, 0.3) is 0 Å². The summed E-state index contributed by atoms with van der Waals surface area (Å²) in [4.78, 5) is 11.8. The summed E-state index contributed by atoms with van der Waals surface area (Å²) in [7, 11) is -3.88. The van der Waals surface area contributed by atoms with Gasteiger partial charge in [-0.1, -0.05) is 0 Å². The number of sulfonamides is 1. The number of alkyl halides is 3. The molecular formula is C18H21F3N2O4S. The first-order chi connectivity index (χ1) is 13.1. The van der Waals surface area contributed by atoms with Gasteiger partial charge in [-0.2, -0.15) is 4.31 Å². The molecule has 0 aromatic heterocycles. The minimum Gasteiger partial charge on any atom is -0.406 e. The molecule has 0 unspecified atom stereocenters. The quantitative estimate of drug-likeness (QED) is 0.721. The van der Waals surface area contributed by atoms with Crippen LogP contribution in [0.5, 0.6) is 5.75 Å². The van der Waals surface area contributed by atoms with Gasteiger partial charge in [0.2, 0.25) is 15.9 Å². The number of amides is 1. The number of hydrogen-bond acceptors (Lipinski definition) is 4. The molecule has 0 atom stereocenters. The Hall–Kier alpha value is -2.07. The molecule has 1 aliphatic heterocycles. The van der Waals surface area contributed by atoms with Gasteiger partial charge in [-0.25, -0.2) is 8.42 Å². The number of piperidine rings is 1. The molecular weight excluding hydrogens is 397 g/mol. The van der Waals surface area contributed by atoms with Crippen molar-refractivity contribution in [2.75, 3.05) is 19.6 Å². The molecule has 1 N–H and O–H groups in total. The van der Waals surface area contributed by atoms with Gasteiger partial charge in [0.1, 0.15) is 5.75 Å². The minimum absolute atomic E-state index is 0.0833. The van der Waals surface area contributed by atoms with Crippen molar-refractivity contribution in [3.8, 4) is 5.75 Å². The molecule has 2 fully saturated rings. The highest BCUT2D eigenvalue weighted by molar-refractivity contribution is 7.89. The number of benzene rings is 1. The molecule has 1 saturated heterocycles. The largest absolute Gasteiger partial charge is 0.573 e. The number of hydrogen-bond donors (Lipinski definition) is 1. The molecule has 1 aromatic carbocycles. The van der Waals surface area contributed by atoms with E-state index in [2.05, 4.69) is 10.1 Å². The van der Waals surface area contributed by atoms with Crippen molar-refractivity contribution in [2.24, 2.45) is 5.92 Å². The Bertz CT molecular complexity index is 847. The number of nitrogens with zero attached hydrogens (tertiary/aromatic N) is 1. The molecule has 0 radical (unpaired) electrons. The second-order valence-electron chi connectivity index (χ2n) is 6.95. The third-order valence-electron chi connectivity index (χ3n) is 4.58. The van der Waals surface area contributed by atoms with E-state index in [1.807, 2.05) is 0 Å². The van der Waals surface area contributed by atoms with Gasteiger partial charge in [-0.05, 0) is 61.4 Å². The Balaban J connectivity index is 1.66. The van der Waals surface area contributed by atoms with Crippen LogP contribution in [0, 0.1) is 5.92 Å². The normalized spacial score (nSPS) is 20.2. The number of rotatable bonds is 6. The summed E-state index contributed by atoms with van der Waals surface area (Å²) in [5.41, 5.74) is 0.708. The Kier molecular flexibility index (Phi) is 5.99. The maximum atomic E-state index is 12.8. The molecule has 3 rings (SSSR count). The van der Waals surface area contributed by atoms with E-state index in [0.717, 1.165) is 37.1 Å². The highest BCUT2D eigenvalue weighted by Crippen LogP contribution is 2.28. The SMILES string of the molecule is O=C(/C=C1\CCCN(S(=O)(=O)c2ccc(OC(F)(F)F)cc2)C1)NCC1CC1. The molecule has 6 nitrogen and oxygen atoms in total. The van der Waals surface area contributed by atoms with Crippen molar-refractivity contribution in [1.82, 2.24) is 9.62 Å². The monoisotopic (exact) mass is 418 g/mol. The van der Waals surface area contributed by atoms with E-state index in [1.54, 1.807) is 0 Å². The summed E-state index contributed by atoms with van der Waals surface area (Å²) in [6, 6.07) is 4.09. The number of carbonyl (C=O) groups excluding carboxylic acids is 1. The number of halogens is 3. The van der Waals surface area contributed by atoms with Crippen LogP contribution in [0.4, 0.5) is 13.2 Å². The van der Waals surface area contributed by atoms with Gasteiger partial charge in [0, 0.05) is 25.7 Å². The van der Waals surface area contributed by atoms with Crippen LogP contribution in [-0.2, 0) is 14.8 Å². The van der Waals surface area contributed by atoms with E-state index < -0.39 is 22.1 Å². The summed E-state index contributed by atoms with van der Waals surface area (Å²) in [5.74, 6) is -0.164. The molecule has 0 bridgehead atoms. The van der Waals surface area contributed by atoms with Crippen LogP contribution in [-0.4, -0.2) is 44.6 Å². The zero-order valence-corrected chi connectivity index (χ0v) is 15.9. The van der Waals surface area contributed by atoms with Gasteiger partial charge in [-0.3, -0.25) is 4.79 Å². The second kappa shape index (κ2) is 8.12. The first-order valence-corrected chi connectivity index (χ1v) is 10.4. The average molecular weight is 418 g/mol. The number of nitrogens with one attached hydrogen (secondary N) is 1. The lowest BCUT2D eigenvalue weighted by molar-refractivity contribution is -0.274. The van der Waals surface area contributed by atoms with E-state index in [-0.39, 0.29) is 23.9 Å². The molecule has 28 heavy (non-hydrogen) atoms. The molecule has 1 aliphatic carbocycles. The van der Waals surface area contributed by atoms with Gasteiger partial charge in [-0.15, -0.1) is 13.2 Å². The fourth-order valence-electron chi connectivity index (χ4n) is 2.96. The van der Waals surface area contributed by atoms with Crippen LogP contribution in [0.15, 0.2) is 40.8 Å². The zero-order chi connectivity index (χ0) is 20.4. The van der Waals surface area contributed by atoms with E-state index in [0.29, 0.717) is 30.9 Å². The van der Waals surface area contributed by atoms with E-state index in [4.69, 9.17) is 0 Å². The highest BCUT2D eigenvalue weighted by atomic mass is 32.2. The maximum Gasteiger partial charge on any atom is 0.573 e. The molecule has 154 valence electrons.